The number of halogens is 3. The van der Waals surface area contributed by atoms with Crippen LogP contribution in [0.4, 0.5) is 13.2 Å². The molecule has 2 unspecified atom stereocenters. The molecule has 0 fully saturated rings. The third-order valence-electron chi connectivity index (χ3n) is 3.30. The van der Waals surface area contributed by atoms with Crippen molar-refractivity contribution in [2.45, 2.75) is 25.9 Å². The topological polar surface area (TPSA) is 12.0 Å². The summed E-state index contributed by atoms with van der Waals surface area (Å²) in [7, 11) is 0. The first-order chi connectivity index (χ1) is 9.49. The molecule has 4 heteroatoms. The van der Waals surface area contributed by atoms with E-state index in [0.717, 1.165) is 11.6 Å². The van der Waals surface area contributed by atoms with E-state index in [-0.39, 0.29) is 23.5 Å². The average Bonchev–Trinajstić information content (AvgIpc) is 2.41. The molecular weight excluding hydrogens is 263 g/mol. The van der Waals surface area contributed by atoms with Gasteiger partial charge in [0.15, 0.2) is 11.6 Å². The van der Waals surface area contributed by atoms with Gasteiger partial charge in [-0.05, 0) is 37.6 Å². The van der Waals surface area contributed by atoms with Crippen LogP contribution < -0.4 is 5.32 Å². The van der Waals surface area contributed by atoms with E-state index in [9.17, 15) is 13.2 Å². The fourth-order valence-electron chi connectivity index (χ4n) is 2.19. The highest BCUT2D eigenvalue weighted by molar-refractivity contribution is 5.24. The maximum atomic E-state index is 13.7. The molecule has 0 aliphatic heterocycles. The number of hydrogen-bond acceptors (Lipinski definition) is 1. The Hall–Kier alpha value is -1.81. The van der Waals surface area contributed by atoms with E-state index in [4.69, 9.17) is 0 Å². The molecule has 20 heavy (non-hydrogen) atoms. The van der Waals surface area contributed by atoms with Gasteiger partial charge < -0.3 is 5.32 Å². The van der Waals surface area contributed by atoms with Crippen LogP contribution in [-0.4, -0.2) is 0 Å². The Labute approximate surface area is 116 Å². The van der Waals surface area contributed by atoms with Crippen LogP contribution >= 0.6 is 0 Å². The van der Waals surface area contributed by atoms with E-state index in [0.29, 0.717) is 0 Å². The smallest absolute Gasteiger partial charge is 0.163 e. The minimum atomic E-state index is -0.866. The molecule has 0 spiro atoms. The van der Waals surface area contributed by atoms with Crippen molar-refractivity contribution >= 4 is 0 Å². The molecule has 0 aliphatic rings. The lowest BCUT2D eigenvalue weighted by Crippen LogP contribution is -2.23. The van der Waals surface area contributed by atoms with E-state index < -0.39 is 11.6 Å². The van der Waals surface area contributed by atoms with Crippen LogP contribution in [0.1, 0.15) is 37.1 Å². The molecule has 1 nitrogen and oxygen atoms in total. The summed E-state index contributed by atoms with van der Waals surface area (Å²) < 4.78 is 40.1. The van der Waals surface area contributed by atoms with Gasteiger partial charge in [0.25, 0.3) is 0 Å². The van der Waals surface area contributed by atoms with Gasteiger partial charge in [0, 0.05) is 17.6 Å². The van der Waals surface area contributed by atoms with Crippen LogP contribution in [0.5, 0.6) is 0 Å². The molecular formula is C16H16F3N. The first-order valence-corrected chi connectivity index (χ1v) is 6.44. The zero-order valence-electron chi connectivity index (χ0n) is 11.3. The lowest BCUT2D eigenvalue weighted by molar-refractivity contribution is 0.448. The molecule has 0 amide bonds. The summed E-state index contributed by atoms with van der Waals surface area (Å²) in [6.07, 6.45) is 0. The highest BCUT2D eigenvalue weighted by Crippen LogP contribution is 2.23. The number of rotatable bonds is 4. The fourth-order valence-corrected chi connectivity index (χ4v) is 2.19. The molecule has 0 saturated heterocycles. The second-order valence-electron chi connectivity index (χ2n) is 4.81. The summed E-state index contributed by atoms with van der Waals surface area (Å²) in [6.45, 7) is 3.59. The summed E-state index contributed by atoms with van der Waals surface area (Å²) in [5.74, 6) is -2.03. The summed E-state index contributed by atoms with van der Waals surface area (Å²) in [6, 6.07) is 9.73. The zero-order valence-corrected chi connectivity index (χ0v) is 11.3. The van der Waals surface area contributed by atoms with Gasteiger partial charge in [0.2, 0.25) is 0 Å². The van der Waals surface area contributed by atoms with Gasteiger partial charge >= 0.3 is 0 Å². The molecule has 2 aromatic rings. The van der Waals surface area contributed by atoms with Gasteiger partial charge in [-0.3, -0.25) is 0 Å². The number of benzene rings is 2. The fraction of sp³-hybridized carbons (Fsp3) is 0.250. The van der Waals surface area contributed by atoms with E-state index in [1.807, 2.05) is 6.92 Å². The van der Waals surface area contributed by atoms with Gasteiger partial charge in [-0.15, -0.1) is 0 Å². The Morgan fingerprint density at radius 3 is 2.30 bits per heavy atom. The molecule has 106 valence electrons. The van der Waals surface area contributed by atoms with Crippen LogP contribution in [0.3, 0.4) is 0 Å². The highest BCUT2D eigenvalue weighted by Gasteiger charge is 2.16. The molecule has 0 bridgehead atoms. The van der Waals surface area contributed by atoms with Crippen molar-refractivity contribution in [1.29, 1.82) is 0 Å². The van der Waals surface area contributed by atoms with E-state index in [1.165, 1.54) is 24.3 Å². The van der Waals surface area contributed by atoms with Crippen molar-refractivity contribution in [3.8, 4) is 0 Å². The van der Waals surface area contributed by atoms with Gasteiger partial charge in [-0.1, -0.05) is 24.3 Å². The number of nitrogens with one attached hydrogen (secondary N) is 1. The first-order valence-electron chi connectivity index (χ1n) is 6.44. The monoisotopic (exact) mass is 279 g/mol. The molecule has 0 saturated carbocycles. The predicted molar refractivity (Wildman–Crippen MR) is 72.7 cm³/mol. The van der Waals surface area contributed by atoms with Crippen LogP contribution in [0.25, 0.3) is 0 Å². The van der Waals surface area contributed by atoms with Crippen molar-refractivity contribution in [2.24, 2.45) is 0 Å². The maximum Gasteiger partial charge on any atom is 0.163 e. The summed E-state index contributed by atoms with van der Waals surface area (Å²) in [5.41, 5.74) is 1.02. The molecule has 1 N–H and O–H groups in total. The molecule has 2 rings (SSSR count). The van der Waals surface area contributed by atoms with Gasteiger partial charge in [0.1, 0.15) is 5.82 Å². The Morgan fingerprint density at radius 1 is 0.900 bits per heavy atom. The lowest BCUT2D eigenvalue weighted by atomic mass is 10.0. The Kier molecular flexibility index (Phi) is 4.45. The SMILES string of the molecule is CC(NC(C)c1cccc(F)c1F)c1cccc(F)c1. The zero-order chi connectivity index (χ0) is 14.7. The van der Waals surface area contributed by atoms with E-state index in [2.05, 4.69) is 5.32 Å². The van der Waals surface area contributed by atoms with Crippen LogP contribution in [0, 0.1) is 17.5 Å². The van der Waals surface area contributed by atoms with E-state index >= 15 is 0 Å². The van der Waals surface area contributed by atoms with Gasteiger partial charge in [-0.25, -0.2) is 13.2 Å². The Morgan fingerprint density at radius 2 is 1.60 bits per heavy atom. The molecule has 0 aliphatic carbocycles. The van der Waals surface area contributed by atoms with Gasteiger partial charge in [0.05, 0.1) is 0 Å². The van der Waals surface area contributed by atoms with E-state index in [1.54, 1.807) is 19.1 Å². The maximum absolute atomic E-state index is 13.7. The van der Waals surface area contributed by atoms with Crippen molar-refractivity contribution in [3.05, 3.63) is 71.0 Å². The standard InChI is InChI=1S/C16H16F3N/c1-10(12-5-3-6-13(17)9-12)20-11(2)14-7-4-8-15(18)16(14)19/h3-11,20H,1-2H3. The van der Waals surface area contributed by atoms with Crippen molar-refractivity contribution in [2.75, 3.05) is 0 Å². The second-order valence-corrected chi connectivity index (χ2v) is 4.81. The second kappa shape index (κ2) is 6.09. The lowest BCUT2D eigenvalue weighted by Gasteiger charge is -2.21. The average molecular weight is 279 g/mol. The van der Waals surface area contributed by atoms with Crippen LogP contribution in [0.2, 0.25) is 0 Å². The summed E-state index contributed by atoms with van der Waals surface area (Å²) in [5, 5.41) is 3.13. The Bertz CT molecular complexity index is 598. The van der Waals surface area contributed by atoms with Crippen LogP contribution in [0.15, 0.2) is 42.5 Å². The molecule has 2 atom stereocenters. The molecule has 0 aromatic heterocycles. The van der Waals surface area contributed by atoms with Crippen molar-refractivity contribution < 1.29 is 13.2 Å². The van der Waals surface area contributed by atoms with Crippen molar-refractivity contribution in [3.63, 3.8) is 0 Å². The van der Waals surface area contributed by atoms with Crippen molar-refractivity contribution in [1.82, 2.24) is 5.32 Å². The third kappa shape index (κ3) is 3.20. The number of hydrogen-bond donors (Lipinski definition) is 1. The molecule has 0 heterocycles. The Balaban J connectivity index is 2.15. The van der Waals surface area contributed by atoms with Crippen LogP contribution in [-0.2, 0) is 0 Å². The normalized spacial score (nSPS) is 14.1. The summed E-state index contributed by atoms with van der Waals surface area (Å²) >= 11 is 0. The molecule has 0 radical (unpaired) electrons. The minimum absolute atomic E-state index is 0.177. The highest BCUT2D eigenvalue weighted by atomic mass is 19.2. The summed E-state index contributed by atoms with van der Waals surface area (Å²) in [4.78, 5) is 0. The van der Waals surface area contributed by atoms with Gasteiger partial charge in [-0.2, -0.15) is 0 Å². The quantitative estimate of drug-likeness (QED) is 0.868. The minimum Gasteiger partial charge on any atom is -0.304 e. The largest absolute Gasteiger partial charge is 0.304 e. The third-order valence-corrected chi connectivity index (χ3v) is 3.30. The molecule has 2 aromatic carbocycles. The first kappa shape index (κ1) is 14.6. The predicted octanol–water partition coefficient (Wildman–Crippen LogP) is 4.52.